The Morgan fingerprint density at radius 3 is 2.36 bits per heavy atom. The number of nitrogens with one attached hydrogen (secondary N) is 1. The van der Waals surface area contributed by atoms with Crippen molar-refractivity contribution in [3.05, 3.63) is 101 Å². The molecular weight excluding hydrogens is 490 g/mol. The molecule has 0 spiro atoms. The molecule has 0 bridgehead atoms. The Labute approximate surface area is 227 Å². The lowest BCUT2D eigenvalue weighted by atomic mass is 10.1. The Morgan fingerprint density at radius 2 is 1.64 bits per heavy atom. The van der Waals surface area contributed by atoms with E-state index in [1.807, 2.05) is 61.7 Å². The SMILES string of the molecule is CCc1ccc(N2C(=O)NC(=O)C(=Cc3cn(CCCOc4cc(C)cc(C)c4)c4ccccc34)C2=O)cc1. The van der Waals surface area contributed by atoms with E-state index in [1.165, 1.54) is 11.1 Å². The number of rotatable bonds is 8. The van der Waals surface area contributed by atoms with Gasteiger partial charge in [-0.25, -0.2) is 9.69 Å². The van der Waals surface area contributed by atoms with Crippen LogP contribution in [0.2, 0.25) is 0 Å². The van der Waals surface area contributed by atoms with Crippen LogP contribution in [0.25, 0.3) is 17.0 Å². The number of hydrogen-bond donors (Lipinski definition) is 1. The number of aryl methyl sites for hydroxylation is 4. The molecule has 7 nitrogen and oxygen atoms in total. The van der Waals surface area contributed by atoms with Crippen molar-refractivity contribution in [3.8, 4) is 5.75 Å². The lowest BCUT2D eigenvalue weighted by Gasteiger charge is -2.26. The summed E-state index contributed by atoms with van der Waals surface area (Å²) in [6.45, 7) is 7.39. The molecule has 1 aliphatic heterocycles. The van der Waals surface area contributed by atoms with Crippen molar-refractivity contribution in [2.24, 2.45) is 0 Å². The van der Waals surface area contributed by atoms with E-state index in [0.29, 0.717) is 18.8 Å². The minimum absolute atomic E-state index is 0.0878. The molecule has 39 heavy (non-hydrogen) atoms. The Morgan fingerprint density at radius 1 is 0.923 bits per heavy atom. The maximum atomic E-state index is 13.4. The summed E-state index contributed by atoms with van der Waals surface area (Å²) < 4.78 is 8.08. The third kappa shape index (κ3) is 5.48. The lowest BCUT2D eigenvalue weighted by Crippen LogP contribution is -2.54. The Balaban J connectivity index is 1.38. The van der Waals surface area contributed by atoms with Crippen molar-refractivity contribution in [1.82, 2.24) is 9.88 Å². The van der Waals surface area contributed by atoms with E-state index in [-0.39, 0.29) is 5.57 Å². The van der Waals surface area contributed by atoms with Crippen LogP contribution in [-0.4, -0.2) is 29.0 Å². The molecule has 0 unspecified atom stereocenters. The van der Waals surface area contributed by atoms with Gasteiger partial charge in [0, 0.05) is 29.2 Å². The molecule has 7 heteroatoms. The monoisotopic (exact) mass is 521 g/mol. The van der Waals surface area contributed by atoms with Gasteiger partial charge in [-0.15, -0.1) is 0 Å². The van der Waals surface area contributed by atoms with Crippen molar-refractivity contribution < 1.29 is 19.1 Å². The number of amides is 4. The molecule has 4 amide bonds. The molecule has 198 valence electrons. The van der Waals surface area contributed by atoms with Crippen LogP contribution in [0, 0.1) is 13.8 Å². The number of barbiturate groups is 1. The summed E-state index contributed by atoms with van der Waals surface area (Å²) in [6, 6.07) is 20.4. The van der Waals surface area contributed by atoms with Gasteiger partial charge in [0.05, 0.1) is 12.3 Å². The number of nitrogens with zero attached hydrogens (tertiary/aromatic N) is 2. The van der Waals surface area contributed by atoms with Crippen LogP contribution in [-0.2, 0) is 22.6 Å². The summed E-state index contributed by atoms with van der Waals surface area (Å²) in [5, 5.41) is 3.23. The van der Waals surface area contributed by atoms with E-state index in [0.717, 1.165) is 45.5 Å². The summed E-state index contributed by atoms with van der Waals surface area (Å²) >= 11 is 0. The largest absolute Gasteiger partial charge is 0.494 e. The quantitative estimate of drug-likeness (QED) is 0.176. The smallest absolute Gasteiger partial charge is 0.335 e. The fraction of sp³-hybridized carbons (Fsp3) is 0.219. The van der Waals surface area contributed by atoms with Crippen LogP contribution >= 0.6 is 0 Å². The molecule has 3 aromatic carbocycles. The molecular formula is C32H31N3O4. The maximum Gasteiger partial charge on any atom is 0.335 e. The van der Waals surface area contributed by atoms with Crippen LogP contribution in [0.4, 0.5) is 10.5 Å². The average Bonchev–Trinajstić information content (AvgIpc) is 3.26. The number of anilines is 1. The first kappa shape index (κ1) is 26.0. The van der Waals surface area contributed by atoms with Gasteiger partial charge in [-0.05, 0) is 79.8 Å². The standard InChI is InChI=1S/C32H31N3O4/c1-4-23-10-12-25(13-11-23)35-31(37)28(30(36)33-32(35)38)19-24-20-34(29-9-6-5-8-27(24)29)14-7-15-39-26-17-21(2)16-22(3)18-26/h5-6,8-13,16-20H,4,7,14-15H2,1-3H3,(H,33,36,38). The third-order valence-electron chi connectivity index (χ3n) is 6.83. The highest BCUT2D eigenvalue weighted by atomic mass is 16.5. The number of carbonyl (C=O) groups excluding carboxylic acids is 3. The maximum absolute atomic E-state index is 13.4. The van der Waals surface area contributed by atoms with Gasteiger partial charge in [-0.1, -0.05) is 43.3 Å². The second-order valence-corrected chi connectivity index (χ2v) is 9.80. The number of urea groups is 1. The summed E-state index contributed by atoms with van der Waals surface area (Å²) in [5.41, 5.74) is 5.46. The van der Waals surface area contributed by atoms with Crippen molar-refractivity contribution in [1.29, 1.82) is 0 Å². The Kier molecular flexibility index (Phi) is 7.32. The van der Waals surface area contributed by atoms with Gasteiger partial charge < -0.3 is 9.30 Å². The van der Waals surface area contributed by atoms with Gasteiger partial charge in [0.1, 0.15) is 11.3 Å². The van der Waals surface area contributed by atoms with Crippen molar-refractivity contribution >= 4 is 40.5 Å². The Bertz CT molecular complexity index is 1580. The van der Waals surface area contributed by atoms with E-state index in [1.54, 1.807) is 18.2 Å². The fourth-order valence-corrected chi connectivity index (χ4v) is 4.94. The number of fused-ring (bicyclic) bond motifs is 1. The van der Waals surface area contributed by atoms with E-state index >= 15 is 0 Å². The van der Waals surface area contributed by atoms with Gasteiger partial charge in [0.15, 0.2) is 0 Å². The zero-order chi connectivity index (χ0) is 27.5. The van der Waals surface area contributed by atoms with Crippen LogP contribution < -0.4 is 15.0 Å². The molecule has 0 saturated carbocycles. The number of imide groups is 2. The van der Waals surface area contributed by atoms with Gasteiger partial charge >= 0.3 is 6.03 Å². The minimum atomic E-state index is -0.752. The molecule has 1 fully saturated rings. The Hall–Kier alpha value is -4.65. The molecule has 2 heterocycles. The second kappa shape index (κ2) is 11.0. The normalized spacial score (nSPS) is 14.8. The second-order valence-electron chi connectivity index (χ2n) is 9.80. The average molecular weight is 522 g/mol. The van der Waals surface area contributed by atoms with E-state index in [9.17, 15) is 14.4 Å². The summed E-state index contributed by atoms with van der Waals surface area (Å²) in [7, 11) is 0. The summed E-state index contributed by atoms with van der Waals surface area (Å²) in [5.74, 6) is -0.489. The number of para-hydroxylation sites is 1. The van der Waals surface area contributed by atoms with Crippen molar-refractivity contribution in [3.63, 3.8) is 0 Å². The summed E-state index contributed by atoms with van der Waals surface area (Å²) in [4.78, 5) is 39.8. The highest BCUT2D eigenvalue weighted by Gasteiger charge is 2.37. The lowest BCUT2D eigenvalue weighted by molar-refractivity contribution is -0.122. The molecule has 1 saturated heterocycles. The van der Waals surface area contributed by atoms with Crippen LogP contribution in [0.5, 0.6) is 5.75 Å². The van der Waals surface area contributed by atoms with Gasteiger partial charge in [0.25, 0.3) is 11.8 Å². The number of benzene rings is 3. The van der Waals surface area contributed by atoms with Gasteiger partial charge in [-0.3, -0.25) is 14.9 Å². The van der Waals surface area contributed by atoms with Crippen LogP contribution in [0.15, 0.2) is 78.5 Å². The predicted molar refractivity (Wildman–Crippen MR) is 153 cm³/mol. The number of ether oxygens (including phenoxy) is 1. The molecule has 0 atom stereocenters. The van der Waals surface area contributed by atoms with Crippen molar-refractivity contribution in [2.45, 2.75) is 40.2 Å². The first-order chi connectivity index (χ1) is 18.8. The fourth-order valence-electron chi connectivity index (χ4n) is 4.94. The third-order valence-corrected chi connectivity index (χ3v) is 6.83. The molecule has 1 aliphatic rings. The van der Waals surface area contributed by atoms with Gasteiger partial charge in [0.2, 0.25) is 0 Å². The molecule has 0 aliphatic carbocycles. The highest BCUT2D eigenvalue weighted by molar-refractivity contribution is 6.39. The highest BCUT2D eigenvalue weighted by Crippen LogP contribution is 2.27. The zero-order valence-corrected chi connectivity index (χ0v) is 22.4. The van der Waals surface area contributed by atoms with E-state index in [2.05, 4.69) is 29.8 Å². The molecule has 5 rings (SSSR count). The minimum Gasteiger partial charge on any atom is -0.494 e. The number of carbonyl (C=O) groups is 3. The van der Waals surface area contributed by atoms with E-state index < -0.39 is 17.8 Å². The van der Waals surface area contributed by atoms with Crippen molar-refractivity contribution in [2.75, 3.05) is 11.5 Å². The predicted octanol–water partition coefficient (Wildman–Crippen LogP) is 5.96. The van der Waals surface area contributed by atoms with Gasteiger partial charge in [-0.2, -0.15) is 0 Å². The summed E-state index contributed by atoms with van der Waals surface area (Å²) in [6.07, 6.45) is 5.12. The molecule has 4 aromatic rings. The molecule has 1 aromatic heterocycles. The van der Waals surface area contributed by atoms with Crippen LogP contribution in [0.3, 0.4) is 0 Å². The van der Waals surface area contributed by atoms with E-state index in [4.69, 9.17) is 4.74 Å². The zero-order valence-electron chi connectivity index (χ0n) is 22.4. The number of hydrogen-bond acceptors (Lipinski definition) is 4. The number of aromatic nitrogens is 1. The first-order valence-electron chi connectivity index (χ1n) is 13.1. The molecule has 1 N–H and O–H groups in total. The molecule has 0 radical (unpaired) electrons. The first-order valence-corrected chi connectivity index (χ1v) is 13.1. The van der Waals surface area contributed by atoms with Crippen LogP contribution in [0.1, 0.15) is 35.6 Å². The topological polar surface area (TPSA) is 80.6 Å².